The molecular formula is C14H20N4O3. The maximum atomic E-state index is 11.3. The number of nitrogens with two attached hydrogens (primary N) is 1. The molecule has 21 heavy (non-hydrogen) atoms. The number of hydrogen-bond acceptors (Lipinski definition) is 5. The summed E-state index contributed by atoms with van der Waals surface area (Å²) in [6, 6.07) is 1.78. The minimum Gasteiger partial charge on any atom is -0.506 e. The van der Waals surface area contributed by atoms with Crippen LogP contribution in [-0.2, 0) is 11.3 Å². The molecule has 0 aliphatic carbocycles. The Morgan fingerprint density at radius 1 is 1.48 bits per heavy atom. The van der Waals surface area contributed by atoms with E-state index in [4.69, 9.17) is 5.73 Å². The molecule has 1 aliphatic rings. The van der Waals surface area contributed by atoms with Gasteiger partial charge in [-0.15, -0.1) is 0 Å². The van der Waals surface area contributed by atoms with Crippen LogP contribution >= 0.6 is 0 Å². The molecule has 0 bridgehead atoms. The predicted molar refractivity (Wildman–Crippen MR) is 76.5 cm³/mol. The molecular weight excluding hydrogens is 272 g/mol. The second kappa shape index (κ2) is 6.53. The summed E-state index contributed by atoms with van der Waals surface area (Å²) in [7, 11) is 0. The quantitative estimate of drug-likeness (QED) is 0.723. The minimum absolute atomic E-state index is 0.0358. The van der Waals surface area contributed by atoms with Crippen LogP contribution in [0, 0.1) is 0 Å². The van der Waals surface area contributed by atoms with Crippen LogP contribution in [0.15, 0.2) is 12.3 Å². The highest BCUT2D eigenvalue weighted by Crippen LogP contribution is 2.17. The number of carbonyl (C=O) groups excluding carboxylic acids is 2. The lowest BCUT2D eigenvalue weighted by Gasteiger charge is -2.31. The summed E-state index contributed by atoms with van der Waals surface area (Å²) in [4.78, 5) is 27.9. The summed E-state index contributed by atoms with van der Waals surface area (Å²) >= 11 is 0. The number of aromatic nitrogens is 1. The number of rotatable bonds is 4. The molecule has 1 aromatic heterocycles. The number of nitrogens with one attached hydrogen (secondary N) is 1. The van der Waals surface area contributed by atoms with Gasteiger partial charge in [-0.1, -0.05) is 0 Å². The molecule has 1 aromatic rings. The van der Waals surface area contributed by atoms with Gasteiger partial charge in [0.25, 0.3) is 5.91 Å². The molecule has 2 heterocycles. The van der Waals surface area contributed by atoms with Gasteiger partial charge in [0.05, 0.1) is 6.20 Å². The third kappa shape index (κ3) is 3.91. The van der Waals surface area contributed by atoms with Gasteiger partial charge in [0, 0.05) is 38.2 Å². The zero-order chi connectivity index (χ0) is 15.4. The van der Waals surface area contributed by atoms with Crippen LogP contribution in [-0.4, -0.2) is 45.9 Å². The summed E-state index contributed by atoms with van der Waals surface area (Å²) in [6.45, 7) is 3.48. The molecule has 1 aliphatic heterocycles. The van der Waals surface area contributed by atoms with Crippen molar-refractivity contribution in [1.82, 2.24) is 15.2 Å². The fourth-order valence-corrected chi connectivity index (χ4v) is 2.42. The van der Waals surface area contributed by atoms with E-state index in [1.54, 1.807) is 6.92 Å². The van der Waals surface area contributed by atoms with Gasteiger partial charge in [-0.05, 0) is 18.9 Å². The maximum absolute atomic E-state index is 11.3. The first-order valence-corrected chi connectivity index (χ1v) is 6.94. The number of amides is 2. The van der Waals surface area contributed by atoms with Crippen LogP contribution < -0.4 is 11.1 Å². The summed E-state index contributed by atoms with van der Waals surface area (Å²) in [5.74, 6) is -0.481. The van der Waals surface area contributed by atoms with Crippen molar-refractivity contribution in [2.24, 2.45) is 5.73 Å². The molecule has 2 amide bonds. The standard InChI is InChI=1S/C14H20N4O3/c1-9(19)18-4-2-11(3-5-18)16-7-10-6-12(14(15)21)17-8-13(10)20/h6,8,11,16,20H,2-5,7H2,1H3,(H2,15,21). The fourth-order valence-electron chi connectivity index (χ4n) is 2.42. The van der Waals surface area contributed by atoms with Crippen molar-refractivity contribution in [3.05, 3.63) is 23.5 Å². The van der Waals surface area contributed by atoms with Crippen molar-refractivity contribution in [2.75, 3.05) is 13.1 Å². The van der Waals surface area contributed by atoms with Crippen LogP contribution in [0.5, 0.6) is 5.75 Å². The van der Waals surface area contributed by atoms with E-state index >= 15 is 0 Å². The average molecular weight is 292 g/mol. The Bertz CT molecular complexity index is 539. The van der Waals surface area contributed by atoms with Crippen molar-refractivity contribution >= 4 is 11.8 Å². The molecule has 0 aromatic carbocycles. The third-order valence-electron chi connectivity index (χ3n) is 3.74. The maximum Gasteiger partial charge on any atom is 0.267 e. The molecule has 0 spiro atoms. The zero-order valence-electron chi connectivity index (χ0n) is 12.0. The lowest BCUT2D eigenvalue weighted by molar-refractivity contribution is -0.129. The Kier molecular flexibility index (Phi) is 4.74. The summed E-state index contributed by atoms with van der Waals surface area (Å²) in [5.41, 5.74) is 5.90. The zero-order valence-corrected chi connectivity index (χ0v) is 12.0. The van der Waals surface area contributed by atoms with Gasteiger partial charge in [0.1, 0.15) is 11.4 Å². The Hall–Kier alpha value is -2.15. The molecule has 114 valence electrons. The smallest absolute Gasteiger partial charge is 0.267 e. The van der Waals surface area contributed by atoms with E-state index in [2.05, 4.69) is 10.3 Å². The van der Waals surface area contributed by atoms with Crippen LogP contribution in [0.3, 0.4) is 0 Å². The summed E-state index contributed by atoms with van der Waals surface area (Å²) < 4.78 is 0. The van der Waals surface area contributed by atoms with Crippen LogP contribution in [0.2, 0.25) is 0 Å². The van der Waals surface area contributed by atoms with Gasteiger partial charge in [0.15, 0.2) is 0 Å². The highest BCUT2D eigenvalue weighted by Gasteiger charge is 2.20. The van der Waals surface area contributed by atoms with Gasteiger partial charge < -0.3 is 21.1 Å². The lowest BCUT2D eigenvalue weighted by Crippen LogP contribution is -2.43. The van der Waals surface area contributed by atoms with Crippen molar-refractivity contribution in [3.63, 3.8) is 0 Å². The SMILES string of the molecule is CC(=O)N1CCC(NCc2cc(C(N)=O)ncc2O)CC1. The van der Waals surface area contributed by atoms with Crippen molar-refractivity contribution in [2.45, 2.75) is 32.4 Å². The molecule has 1 saturated heterocycles. The fraction of sp³-hybridized carbons (Fsp3) is 0.500. The van der Waals surface area contributed by atoms with Gasteiger partial charge in [-0.2, -0.15) is 0 Å². The normalized spacial score (nSPS) is 16.0. The summed E-state index contributed by atoms with van der Waals surface area (Å²) in [5, 5.41) is 13.1. The van der Waals surface area contributed by atoms with Crippen LogP contribution in [0.1, 0.15) is 35.8 Å². The number of likely N-dealkylation sites (tertiary alicyclic amines) is 1. The summed E-state index contributed by atoms with van der Waals surface area (Å²) in [6.07, 6.45) is 2.97. The number of hydrogen-bond donors (Lipinski definition) is 3. The Balaban J connectivity index is 1.90. The van der Waals surface area contributed by atoms with Crippen LogP contribution in [0.4, 0.5) is 0 Å². The van der Waals surface area contributed by atoms with E-state index < -0.39 is 5.91 Å². The van der Waals surface area contributed by atoms with Crippen LogP contribution in [0.25, 0.3) is 0 Å². The van der Waals surface area contributed by atoms with Gasteiger partial charge in [-0.3, -0.25) is 9.59 Å². The highest BCUT2D eigenvalue weighted by molar-refractivity contribution is 5.91. The van der Waals surface area contributed by atoms with E-state index in [-0.39, 0.29) is 23.4 Å². The molecule has 1 fully saturated rings. The van der Waals surface area contributed by atoms with Crippen molar-refractivity contribution in [1.29, 1.82) is 0 Å². The number of primary amides is 1. The van der Waals surface area contributed by atoms with E-state index in [0.717, 1.165) is 25.9 Å². The first-order valence-electron chi connectivity index (χ1n) is 6.94. The lowest BCUT2D eigenvalue weighted by atomic mass is 10.0. The first kappa shape index (κ1) is 15.2. The molecule has 7 nitrogen and oxygen atoms in total. The molecule has 2 rings (SSSR count). The minimum atomic E-state index is -0.619. The predicted octanol–water partition coefficient (Wildman–Crippen LogP) is -0.0134. The number of nitrogens with zero attached hydrogens (tertiary/aromatic N) is 2. The number of pyridine rings is 1. The van der Waals surface area contributed by atoms with Crippen molar-refractivity contribution in [3.8, 4) is 5.75 Å². The topological polar surface area (TPSA) is 109 Å². The molecule has 4 N–H and O–H groups in total. The second-order valence-corrected chi connectivity index (χ2v) is 5.22. The third-order valence-corrected chi connectivity index (χ3v) is 3.74. The highest BCUT2D eigenvalue weighted by atomic mass is 16.3. The van der Waals surface area contributed by atoms with Gasteiger partial charge >= 0.3 is 0 Å². The van der Waals surface area contributed by atoms with Crippen molar-refractivity contribution < 1.29 is 14.7 Å². The molecule has 0 radical (unpaired) electrons. The van der Waals surface area contributed by atoms with E-state index in [1.807, 2.05) is 4.90 Å². The van der Waals surface area contributed by atoms with E-state index in [0.29, 0.717) is 12.1 Å². The Morgan fingerprint density at radius 2 is 2.14 bits per heavy atom. The van der Waals surface area contributed by atoms with Gasteiger partial charge in [0.2, 0.25) is 5.91 Å². The molecule has 0 saturated carbocycles. The first-order chi connectivity index (χ1) is 9.97. The van der Waals surface area contributed by atoms with Gasteiger partial charge in [-0.25, -0.2) is 4.98 Å². The van der Waals surface area contributed by atoms with E-state index in [1.165, 1.54) is 12.3 Å². The molecule has 7 heteroatoms. The Labute approximate surface area is 123 Å². The Morgan fingerprint density at radius 3 is 2.71 bits per heavy atom. The number of piperidine rings is 1. The molecule has 0 atom stereocenters. The number of carbonyl (C=O) groups is 2. The molecule has 0 unspecified atom stereocenters. The largest absolute Gasteiger partial charge is 0.506 e. The van der Waals surface area contributed by atoms with E-state index in [9.17, 15) is 14.7 Å². The number of aromatic hydroxyl groups is 1. The second-order valence-electron chi connectivity index (χ2n) is 5.22. The monoisotopic (exact) mass is 292 g/mol. The average Bonchev–Trinajstić information content (AvgIpc) is 2.46.